The van der Waals surface area contributed by atoms with E-state index in [4.69, 9.17) is 4.74 Å². The van der Waals surface area contributed by atoms with Gasteiger partial charge in [0.05, 0.1) is 36.1 Å². The van der Waals surface area contributed by atoms with E-state index < -0.39 is 15.9 Å². The van der Waals surface area contributed by atoms with Gasteiger partial charge in [0.2, 0.25) is 0 Å². The number of benzene rings is 2. The van der Waals surface area contributed by atoms with Gasteiger partial charge < -0.3 is 4.74 Å². The summed E-state index contributed by atoms with van der Waals surface area (Å²) in [6, 6.07) is 12.7. The maximum atomic E-state index is 13.2. The molecule has 168 valence electrons. The lowest BCUT2D eigenvalue weighted by Crippen LogP contribution is -2.46. The second-order valence-corrected chi connectivity index (χ2v) is 9.35. The molecule has 1 heterocycles. The van der Waals surface area contributed by atoms with Crippen LogP contribution in [0.5, 0.6) is 5.75 Å². The van der Waals surface area contributed by atoms with Gasteiger partial charge in [-0.15, -0.1) is 5.17 Å². The molecule has 0 radical (unpaired) electrons. The number of aromatic nitrogens is 3. The molecule has 0 atom stereocenters. The summed E-state index contributed by atoms with van der Waals surface area (Å²) in [7, 11) is -4.23. The van der Waals surface area contributed by atoms with Crippen molar-refractivity contribution in [3.8, 4) is 11.4 Å². The molecule has 1 saturated carbocycles. The average molecular weight is 458 g/mol. The Balaban J connectivity index is 1.55. The van der Waals surface area contributed by atoms with Crippen molar-refractivity contribution in [3.05, 3.63) is 66.5 Å². The van der Waals surface area contributed by atoms with Crippen molar-refractivity contribution in [1.29, 1.82) is 0 Å². The molecule has 4 rings (SSSR count). The lowest BCUT2D eigenvalue weighted by Gasteiger charge is -2.28. The van der Waals surface area contributed by atoms with Crippen molar-refractivity contribution in [2.45, 2.75) is 31.2 Å². The Morgan fingerprint density at radius 1 is 1.09 bits per heavy atom. The van der Waals surface area contributed by atoms with E-state index in [2.05, 4.69) is 10.2 Å². The van der Waals surface area contributed by atoms with E-state index in [0.717, 1.165) is 19.8 Å². The Hall–Kier alpha value is -3.28. The number of carbonyl (C=O) groups is 1. The van der Waals surface area contributed by atoms with E-state index in [0.29, 0.717) is 33.9 Å². The summed E-state index contributed by atoms with van der Waals surface area (Å²) in [4.78, 5) is 13.1. The molecular formula is C21H23N5O5S. The lowest BCUT2D eigenvalue weighted by molar-refractivity contribution is -0.211. The number of ether oxygens (including phenoxy) is 1. The number of hydrogen-bond acceptors (Lipinski definition) is 7. The molecule has 1 N–H and O–H groups in total. The smallest absolute Gasteiger partial charge is 0.262 e. The van der Waals surface area contributed by atoms with Gasteiger partial charge in [0.15, 0.2) is 0 Å². The molecule has 1 amide bonds. The predicted molar refractivity (Wildman–Crippen MR) is 113 cm³/mol. The third-order valence-electron chi connectivity index (χ3n) is 4.98. The predicted octanol–water partition coefficient (Wildman–Crippen LogP) is 2.40. The number of rotatable bonds is 9. The average Bonchev–Trinajstić information content (AvgIpc) is 3.46. The van der Waals surface area contributed by atoms with Gasteiger partial charge in [-0.1, -0.05) is 16.5 Å². The van der Waals surface area contributed by atoms with Crippen LogP contribution in [0.2, 0.25) is 0 Å². The molecular weight excluding hydrogens is 434 g/mol. The van der Waals surface area contributed by atoms with Gasteiger partial charge in [0, 0.05) is 6.92 Å². The van der Waals surface area contributed by atoms with Crippen molar-refractivity contribution in [3.63, 3.8) is 0 Å². The Morgan fingerprint density at radius 3 is 2.28 bits per heavy atom. The maximum absolute atomic E-state index is 13.2. The van der Waals surface area contributed by atoms with E-state index in [1.54, 1.807) is 48.8 Å². The molecule has 0 unspecified atom stereocenters. The number of sulfonamides is 1. The highest BCUT2D eigenvalue weighted by Gasteiger charge is 2.32. The van der Waals surface area contributed by atoms with Gasteiger partial charge in [-0.2, -0.15) is 15.0 Å². The largest absolute Gasteiger partial charge is 0.493 e. The van der Waals surface area contributed by atoms with E-state index in [1.165, 1.54) is 16.9 Å². The quantitative estimate of drug-likeness (QED) is 0.387. The Morgan fingerprint density at radius 2 is 1.72 bits per heavy atom. The van der Waals surface area contributed by atoms with Crippen LogP contribution < -0.4 is 4.74 Å². The molecule has 3 aromatic rings. The van der Waals surface area contributed by atoms with Gasteiger partial charge in [-0.05, 0) is 60.7 Å². The summed E-state index contributed by atoms with van der Waals surface area (Å²) in [6.45, 7) is 1.42. The SMILES string of the molecule is CC(=O)N(O)N(Cc1ccc(-n2nccn2)cc1)S(=O)(=O)c1ccc(OCC2CC2)cc1. The first-order valence-corrected chi connectivity index (χ1v) is 11.5. The molecule has 0 bridgehead atoms. The first-order valence-electron chi connectivity index (χ1n) is 10.1. The van der Waals surface area contributed by atoms with Gasteiger partial charge in [-0.25, -0.2) is 8.42 Å². The summed E-state index contributed by atoms with van der Waals surface area (Å²) in [5, 5.41) is 18.4. The van der Waals surface area contributed by atoms with Gasteiger partial charge in [0.1, 0.15) is 5.75 Å². The number of nitrogens with zero attached hydrogens (tertiary/aromatic N) is 5. The zero-order valence-electron chi connectivity index (χ0n) is 17.4. The highest BCUT2D eigenvalue weighted by Crippen LogP contribution is 2.30. The number of hydrazine groups is 1. The van der Waals surface area contributed by atoms with Crippen LogP contribution >= 0.6 is 0 Å². The number of amides is 1. The standard InChI is InChI=1S/C21H23N5O5S/c1-16(27)26(28)24(14-17-4-6-19(7-5-17)25-22-12-13-23-25)32(29,30)21-10-8-20(9-11-21)31-15-18-2-3-18/h4-13,18,28H,2-3,14-15H2,1H3. The molecule has 0 saturated heterocycles. The third-order valence-corrected chi connectivity index (χ3v) is 6.69. The maximum Gasteiger partial charge on any atom is 0.262 e. The van der Waals surface area contributed by atoms with Gasteiger partial charge in [-0.3, -0.25) is 10.0 Å². The third kappa shape index (κ3) is 4.96. The van der Waals surface area contributed by atoms with E-state index >= 15 is 0 Å². The highest BCUT2D eigenvalue weighted by atomic mass is 32.2. The first-order chi connectivity index (χ1) is 15.3. The highest BCUT2D eigenvalue weighted by molar-refractivity contribution is 7.89. The minimum atomic E-state index is -4.23. The second kappa shape index (κ2) is 9.07. The minimum absolute atomic E-state index is 0.0751. The number of hydroxylamine groups is 1. The zero-order chi connectivity index (χ0) is 22.7. The fraction of sp³-hybridized carbons (Fsp3) is 0.286. The molecule has 0 spiro atoms. The van der Waals surface area contributed by atoms with Crippen LogP contribution in [0.3, 0.4) is 0 Å². The Bertz CT molecular complexity index is 1160. The number of carbonyl (C=O) groups excluding carboxylic acids is 1. The van der Waals surface area contributed by atoms with Crippen LogP contribution in [0.15, 0.2) is 65.8 Å². The molecule has 1 fully saturated rings. The van der Waals surface area contributed by atoms with Crippen molar-refractivity contribution < 1.29 is 23.2 Å². The fourth-order valence-electron chi connectivity index (χ4n) is 2.98. The summed E-state index contributed by atoms with van der Waals surface area (Å²) >= 11 is 0. The summed E-state index contributed by atoms with van der Waals surface area (Å²) < 4.78 is 32.7. The molecule has 32 heavy (non-hydrogen) atoms. The molecule has 2 aromatic carbocycles. The van der Waals surface area contributed by atoms with E-state index in [1.807, 2.05) is 0 Å². The van der Waals surface area contributed by atoms with Crippen molar-refractivity contribution >= 4 is 15.9 Å². The fourth-order valence-corrected chi connectivity index (χ4v) is 4.34. The van der Waals surface area contributed by atoms with Crippen molar-refractivity contribution in [1.82, 2.24) is 24.6 Å². The molecule has 1 aliphatic carbocycles. The Kier molecular flexibility index (Phi) is 6.21. The van der Waals surface area contributed by atoms with Crippen LogP contribution in [-0.2, 0) is 21.4 Å². The monoisotopic (exact) mass is 457 g/mol. The van der Waals surface area contributed by atoms with Crippen LogP contribution in [0, 0.1) is 5.92 Å². The normalized spacial score (nSPS) is 13.8. The molecule has 1 aliphatic rings. The van der Waals surface area contributed by atoms with Crippen LogP contribution in [0.25, 0.3) is 5.69 Å². The summed E-state index contributed by atoms with van der Waals surface area (Å²) in [5.41, 5.74) is 1.23. The van der Waals surface area contributed by atoms with E-state index in [-0.39, 0.29) is 16.6 Å². The molecule has 11 heteroatoms. The minimum Gasteiger partial charge on any atom is -0.493 e. The van der Waals surface area contributed by atoms with Crippen LogP contribution in [0.4, 0.5) is 0 Å². The lowest BCUT2D eigenvalue weighted by atomic mass is 10.2. The molecule has 1 aromatic heterocycles. The molecule has 0 aliphatic heterocycles. The van der Waals surface area contributed by atoms with Crippen LogP contribution in [-0.4, -0.2) is 50.7 Å². The summed E-state index contributed by atoms with van der Waals surface area (Å²) in [6.07, 6.45) is 5.39. The van der Waals surface area contributed by atoms with Crippen LogP contribution in [0.1, 0.15) is 25.3 Å². The van der Waals surface area contributed by atoms with Crippen molar-refractivity contribution in [2.75, 3.05) is 6.61 Å². The summed E-state index contributed by atoms with van der Waals surface area (Å²) in [5.74, 6) is 0.302. The molecule has 10 nitrogen and oxygen atoms in total. The second-order valence-electron chi connectivity index (χ2n) is 7.50. The zero-order valence-corrected chi connectivity index (χ0v) is 18.2. The van der Waals surface area contributed by atoms with Gasteiger partial charge >= 0.3 is 0 Å². The topological polar surface area (TPSA) is 118 Å². The number of hydrogen-bond donors (Lipinski definition) is 1. The first kappa shape index (κ1) is 21.9. The van der Waals surface area contributed by atoms with Gasteiger partial charge in [0.25, 0.3) is 15.9 Å². The van der Waals surface area contributed by atoms with Crippen molar-refractivity contribution in [2.24, 2.45) is 5.92 Å². The Labute approximate surface area is 185 Å². The van der Waals surface area contributed by atoms with E-state index in [9.17, 15) is 18.4 Å².